The lowest BCUT2D eigenvalue weighted by molar-refractivity contribution is -0.111. The number of rotatable bonds is 4. The van der Waals surface area contributed by atoms with Gasteiger partial charge in [-0.15, -0.1) is 0 Å². The molecule has 2 heterocycles. The first-order valence-electron chi connectivity index (χ1n) is 6.54. The molecule has 0 spiro atoms. The van der Waals surface area contributed by atoms with Crippen LogP contribution in [0.2, 0.25) is 0 Å². The van der Waals surface area contributed by atoms with Gasteiger partial charge in [-0.2, -0.15) is 10.2 Å². The summed E-state index contributed by atoms with van der Waals surface area (Å²) in [6, 6.07) is 1.83. The Morgan fingerprint density at radius 2 is 2.25 bits per heavy atom. The molecule has 2 N–H and O–H groups in total. The van der Waals surface area contributed by atoms with Crippen LogP contribution in [0.1, 0.15) is 29.6 Å². The molecule has 0 saturated carbocycles. The summed E-state index contributed by atoms with van der Waals surface area (Å²) in [5.74, 6) is 0.331. The predicted octanol–water partition coefficient (Wildman–Crippen LogP) is 1.97. The standard InChI is InChI=1S/C14H19N5O/c1-5-11-8-13(17-16-11)15-14(20)7-6-12-9(2)18-19(4)10(12)3/h6-8H,5H2,1-4H3,(H2,15,16,17,20)/b7-6+. The number of hydrogen-bond acceptors (Lipinski definition) is 3. The van der Waals surface area contributed by atoms with Crippen molar-refractivity contribution in [3.8, 4) is 0 Å². The van der Waals surface area contributed by atoms with Crippen molar-refractivity contribution in [1.29, 1.82) is 0 Å². The van der Waals surface area contributed by atoms with Gasteiger partial charge in [-0.3, -0.25) is 14.6 Å². The first-order chi connectivity index (χ1) is 9.51. The van der Waals surface area contributed by atoms with E-state index in [0.29, 0.717) is 5.82 Å². The Balaban J connectivity index is 2.05. The minimum absolute atomic E-state index is 0.207. The third-order valence-electron chi connectivity index (χ3n) is 3.23. The first-order valence-corrected chi connectivity index (χ1v) is 6.54. The lowest BCUT2D eigenvalue weighted by atomic mass is 10.2. The van der Waals surface area contributed by atoms with Gasteiger partial charge in [0.1, 0.15) is 0 Å². The molecule has 0 fully saturated rings. The molecule has 6 nitrogen and oxygen atoms in total. The summed E-state index contributed by atoms with van der Waals surface area (Å²) < 4.78 is 1.80. The normalized spacial score (nSPS) is 11.2. The van der Waals surface area contributed by atoms with E-state index >= 15 is 0 Å². The molecule has 0 atom stereocenters. The van der Waals surface area contributed by atoms with Crippen LogP contribution >= 0.6 is 0 Å². The minimum Gasteiger partial charge on any atom is -0.306 e. The number of H-pyrrole nitrogens is 1. The maximum absolute atomic E-state index is 11.8. The van der Waals surface area contributed by atoms with Gasteiger partial charge in [0.2, 0.25) is 5.91 Å². The zero-order chi connectivity index (χ0) is 14.7. The third-order valence-corrected chi connectivity index (χ3v) is 3.23. The number of aromatic nitrogens is 4. The second-order valence-corrected chi connectivity index (χ2v) is 4.66. The van der Waals surface area contributed by atoms with Crippen molar-refractivity contribution in [2.75, 3.05) is 5.32 Å². The Morgan fingerprint density at radius 3 is 2.80 bits per heavy atom. The average molecular weight is 273 g/mol. The molecule has 1 amide bonds. The van der Waals surface area contributed by atoms with Crippen molar-refractivity contribution < 1.29 is 4.79 Å². The van der Waals surface area contributed by atoms with E-state index in [1.807, 2.05) is 33.9 Å². The number of aryl methyl sites for hydroxylation is 3. The van der Waals surface area contributed by atoms with E-state index in [1.54, 1.807) is 10.8 Å². The van der Waals surface area contributed by atoms with Gasteiger partial charge < -0.3 is 5.32 Å². The first kappa shape index (κ1) is 14.0. The van der Waals surface area contributed by atoms with Crippen LogP contribution < -0.4 is 5.32 Å². The third kappa shape index (κ3) is 2.96. The average Bonchev–Trinajstić information content (AvgIpc) is 2.94. The fraction of sp³-hybridized carbons (Fsp3) is 0.357. The fourth-order valence-corrected chi connectivity index (χ4v) is 1.96. The zero-order valence-corrected chi connectivity index (χ0v) is 12.2. The van der Waals surface area contributed by atoms with Crippen molar-refractivity contribution in [3.63, 3.8) is 0 Å². The molecule has 0 unspecified atom stereocenters. The molecule has 6 heteroatoms. The van der Waals surface area contributed by atoms with E-state index in [0.717, 1.165) is 29.1 Å². The van der Waals surface area contributed by atoms with E-state index in [2.05, 4.69) is 20.6 Å². The van der Waals surface area contributed by atoms with E-state index in [-0.39, 0.29) is 5.91 Å². The monoisotopic (exact) mass is 273 g/mol. The molecule has 106 valence electrons. The van der Waals surface area contributed by atoms with Crippen LogP contribution in [0.5, 0.6) is 0 Å². The number of nitrogens with zero attached hydrogens (tertiary/aromatic N) is 3. The van der Waals surface area contributed by atoms with Crippen molar-refractivity contribution in [2.24, 2.45) is 7.05 Å². The van der Waals surface area contributed by atoms with E-state index in [1.165, 1.54) is 6.08 Å². The number of carbonyl (C=O) groups excluding carboxylic acids is 1. The van der Waals surface area contributed by atoms with E-state index < -0.39 is 0 Å². The molecule has 2 rings (SSSR count). The Bertz CT molecular complexity index is 651. The van der Waals surface area contributed by atoms with Gasteiger partial charge in [-0.05, 0) is 26.3 Å². The Morgan fingerprint density at radius 1 is 1.50 bits per heavy atom. The molecule has 0 aliphatic heterocycles. The molecular formula is C14H19N5O. The smallest absolute Gasteiger partial charge is 0.249 e. The number of carbonyl (C=O) groups is 1. The van der Waals surface area contributed by atoms with Crippen LogP contribution in [0.15, 0.2) is 12.1 Å². The second-order valence-electron chi connectivity index (χ2n) is 4.66. The molecule has 0 saturated heterocycles. The van der Waals surface area contributed by atoms with Crippen molar-refractivity contribution in [1.82, 2.24) is 20.0 Å². The summed E-state index contributed by atoms with van der Waals surface area (Å²) in [5.41, 5.74) is 3.89. The minimum atomic E-state index is -0.207. The number of aromatic amines is 1. The zero-order valence-electron chi connectivity index (χ0n) is 12.2. The SMILES string of the molecule is CCc1cc(NC(=O)/C=C/c2c(C)nn(C)c2C)n[nH]1. The Kier molecular flexibility index (Phi) is 4.02. The Labute approximate surface area is 117 Å². The van der Waals surface area contributed by atoms with E-state index in [4.69, 9.17) is 0 Å². The van der Waals surface area contributed by atoms with Gasteiger partial charge >= 0.3 is 0 Å². The number of nitrogens with one attached hydrogen (secondary N) is 2. The largest absolute Gasteiger partial charge is 0.306 e. The molecule has 0 radical (unpaired) electrons. The summed E-state index contributed by atoms with van der Waals surface area (Å²) in [6.07, 6.45) is 4.13. The number of hydrogen-bond donors (Lipinski definition) is 2. The van der Waals surface area contributed by atoms with Gasteiger partial charge in [0.15, 0.2) is 5.82 Å². The van der Waals surface area contributed by atoms with Gasteiger partial charge in [-0.25, -0.2) is 0 Å². The summed E-state index contributed by atoms with van der Waals surface area (Å²) in [4.78, 5) is 11.8. The molecule has 2 aromatic rings. The highest BCUT2D eigenvalue weighted by Gasteiger charge is 2.07. The number of anilines is 1. The highest BCUT2D eigenvalue weighted by Crippen LogP contribution is 2.13. The molecule has 0 aliphatic rings. The molecule has 0 bridgehead atoms. The van der Waals surface area contributed by atoms with Gasteiger partial charge in [-0.1, -0.05) is 6.92 Å². The van der Waals surface area contributed by atoms with Crippen LogP contribution in [0.25, 0.3) is 6.08 Å². The molecule has 0 aliphatic carbocycles. The maximum atomic E-state index is 11.8. The van der Waals surface area contributed by atoms with Gasteiger partial charge in [0.05, 0.1) is 5.69 Å². The molecular weight excluding hydrogens is 254 g/mol. The quantitative estimate of drug-likeness (QED) is 0.836. The van der Waals surface area contributed by atoms with Crippen LogP contribution in [-0.4, -0.2) is 25.9 Å². The fourth-order valence-electron chi connectivity index (χ4n) is 1.96. The Hall–Kier alpha value is -2.37. The van der Waals surface area contributed by atoms with Gasteiger partial charge in [0.25, 0.3) is 0 Å². The molecule has 0 aromatic carbocycles. The van der Waals surface area contributed by atoms with E-state index in [9.17, 15) is 4.79 Å². The highest BCUT2D eigenvalue weighted by molar-refractivity contribution is 6.01. The summed E-state index contributed by atoms with van der Waals surface area (Å²) >= 11 is 0. The van der Waals surface area contributed by atoms with Gasteiger partial charge in [0, 0.05) is 36.1 Å². The topological polar surface area (TPSA) is 75.6 Å². The highest BCUT2D eigenvalue weighted by atomic mass is 16.1. The summed E-state index contributed by atoms with van der Waals surface area (Å²) in [6.45, 7) is 5.91. The lowest BCUT2D eigenvalue weighted by Crippen LogP contribution is -2.08. The summed E-state index contributed by atoms with van der Waals surface area (Å²) in [5, 5.41) is 13.9. The van der Waals surface area contributed by atoms with Crippen molar-refractivity contribution >= 4 is 17.8 Å². The molecule has 20 heavy (non-hydrogen) atoms. The van der Waals surface area contributed by atoms with Crippen LogP contribution in [-0.2, 0) is 18.3 Å². The van der Waals surface area contributed by atoms with Crippen molar-refractivity contribution in [3.05, 3.63) is 34.8 Å². The van der Waals surface area contributed by atoms with Crippen molar-refractivity contribution in [2.45, 2.75) is 27.2 Å². The second kappa shape index (κ2) is 5.73. The summed E-state index contributed by atoms with van der Waals surface area (Å²) in [7, 11) is 1.88. The van der Waals surface area contributed by atoms with Crippen LogP contribution in [0.4, 0.5) is 5.82 Å². The predicted molar refractivity (Wildman–Crippen MR) is 78.3 cm³/mol. The lowest BCUT2D eigenvalue weighted by Gasteiger charge is -1.97. The maximum Gasteiger partial charge on any atom is 0.249 e. The molecule has 2 aromatic heterocycles. The van der Waals surface area contributed by atoms with Crippen LogP contribution in [0, 0.1) is 13.8 Å². The number of amides is 1. The van der Waals surface area contributed by atoms with Crippen LogP contribution in [0.3, 0.4) is 0 Å².